The fraction of sp³-hybridized carbons (Fsp3) is 1.00. The van der Waals surface area contributed by atoms with Crippen LogP contribution in [0.1, 0.15) is 39.5 Å². The first kappa shape index (κ1) is 12.2. The average Bonchev–Trinajstić information content (AvgIpc) is 2.87. The van der Waals surface area contributed by atoms with Crippen molar-refractivity contribution >= 4 is 10.8 Å². The van der Waals surface area contributed by atoms with Gasteiger partial charge < -0.3 is 5.32 Å². The highest BCUT2D eigenvalue weighted by Gasteiger charge is 2.23. The van der Waals surface area contributed by atoms with Crippen molar-refractivity contribution < 1.29 is 4.21 Å². The molecule has 0 aromatic carbocycles. The molecule has 0 aliphatic heterocycles. The van der Waals surface area contributed by atoms with Crippen molar-refractivity contribution in [1.82, 2.24) is 5.32 Å². The fourth-order valence-electron chi connectivity index (χ4n) is 1.64. The first-order valence-electron chi connectivity index (χ1n) is 5.65. The van der Waals surface area contributed by atoms with Gasteiger partial charge in [-0.15, -0.1) is 0 Å². The van der Waals surface area contributed by atoms with Crippen molar-refractivity contribution in [2.24, 2.45) is 5.92 Å². The van der Waals surface area contributed by atoms with Gasteiger partial charge in [-0.1, -0.05) is 19.8 Å². The van der Waals surface area contributed by atoms with Gasteiger partial charge in [0.1, 0.15) is 0 Å². The molecule has 3 atom stereocenters. The van der Waals surface area contributed by atoms with Crippen molar-refractivity contribution in [2.75, 3.05) is 12.8 Å². The molecule has 0 spiro atoms. The number of hydrogen-bond donors (Lipinski definition) is 1. The van der Waals surface area contributed by atoms with Gasteiger partial charge in [-0.25, -0.2) is 0 Å². The van der Waals surface area contributed by atoms with E-state index in [2.05, 4.69) is 19.2 Å². The Bertz CT molecular complexity index is 192. The second kappa shape index (κ2) is 5.86. The minimum Gasteiger partial charge on any atom is -0.314 e. The summed E-state index contributed by atoms with van der Waals surface area (Å²) in [6, 6.07) is 0.639. The predicted molar refractivity (Wildman–Crippen MR) is 63.0 cm³/mol. The van der Waals surface area contributed by atoms with E-state index in [-0.39, 0.29) is 0 Å². The third-order valence-corrected chi connectivity index (χ3v) is 4.36. The molecule has 1 fully saturated rings. The van der Waals surface area contributed by atoms with E-state index in [1.54, 1.807) is 6.26 Å². The first-order valence-corrected chi connectivity index (χ1v) is 7.27. The highest BCUT2D eigenvalue weighted by Crippen LogP contribution is 2.33. The Morgan fingerprint density at radius 2 is 2.07 bits per heavy atom. The molecule has 0 heterocycles. The van der Waals surface area contributed by atoms with Gasteiger partial charge in [0, 0.05) is 28.3 Å². The van der Waals surface area contributed by atoms with Crippen molar-refractivity contribution in [3.63, 3.8) is 0 Å². The smallest absolute Gasteiger partial charge is 0.0329 e. The van der Waals surface area contributed by atoms with Crippen LogP contribution in [0.4, 0.5) is 0 Å². The Kier molecular flexibility index (Phi) is 5.10. The Labute approximate surface area is 90.3 Å². The summed E-state index contributed by atoms with van der Waals surface area (Å²) in [5, 5.41) is 3.83. The maximum Gasteiger partial charge on any atom is 0.0329 e. The summed E-state index contributed by atoms with van der Waals surface area (Å²) in [6.45, 7) is 5.32. The van der Waals surface area contributed by atoms with E-state index in [9.17, 15) is 4.21 Å². The Morgan fingerprint density at radius 1 is 1.43 bits per heavy atom. The number of nitrogens with one attached hydrogen (secondary N) is 1. The van der Waals surface area contributed by atoms with E-state index in [4.69, 9.17) is 0 Å². The summed E-state index contributed by atoms with van der Waals surface area (Å²) in [4.78, 5) is 0. The molecular weight excluding hydrogens is 194 g/mol. The molecule has 1 aliphatic carbocycles. The van der Waals surface area contributed by atoms with Gasteiger partial charge in [0.05, 0.1) is 0 Å². The zero-order valence-corrected chi connectivity index (χ0v) is 10.4. The van der Waals surface area contributed by atoms with Gasteiger partial charge >= 0.3 is 0 Å². The lowest BCUT2D eigenvalue weighted by Gasteiger charge is -2.14. The Balaban J connectivity index is 1.98. The molecule has 0 aromatic heterocycles. The summed E-state index contributed by atoms with van der Waals surface area (Å²) >= 11 is 0. The summed E-state index contributed by atoms with van der Waals surface area (Å²) < 4.78 is 11.1. The van der Waals surface area contributed by atoms with Crippen molar-refractivity contribution in [3.05, 3.63) is 0 Å². The van der Waals surface area contributed by atoms with Crippen molar-refractivity contribution in [1.29, 1.82) is 0 Å². The lowest BCUT2D eigenvalue weighted by atomic mass is 10.1. The van der Waals surface area contributed by atoms with Crippen LogP contribution in [0.5, 0.6) is 0 Å². The maximum absolute atomic E-state index is 11.1. The van der Waals surface area contributed by atoms with E-state index in [0.717, 1.165) is 18.9 Å². The molecule has 84 valence electrons. The third-order valence-electron chi connectivity index (χ3n) is 2.99. The van der Waals surface area contributed by atoms with Crippen LogP contribution in [0.2, 0.25) is 0 Å². The van der Waals surface area contributed by atoms with Gasteiger partial charge in [0.25, 0.3) is 0 Å². The molecular formula is C11H23NOS. The minimum absolute atomic E-state index is 0.329. The summed E-state index contributed by atoms with van der Waals surface area (Å²) in [7, 11) is -0.663. The zero-order valence-electron chi connectivity index (χ0n) is 9.58. The largest absolute Gasteiger partial charge is 0.314 e. The van der Waals surface area contributed by atoms with Crippen molar-refractivity contribution in [3.8, 4) is 0 Å². The summed E-state index contributed by atoms with van der Waals surface area (Å²) in [5.41, 5.74) is 0. The molecule has 0 saturated heterocycles. The normalized spacial score (nSPS) is 23.1. The third kappa shape index (κ3) is 5.11. The van der Waals surface area contributed by atoms with Gasteiger partial charge in [0.15, 0.2) is 0 Å². The molecule has 0 aromatic rings. The van der Waals surface area contributed by atoms with Gasteiger partial charge in [-0.2, -0.15) is 0 Å². The molecule has 0 amide bonds. The van der Waals surface area contributed by atoms with Gasteiger partial charge in [0.2, 0.25) is 0 Å². The maximum atomic E-state index is 11.1. The molecule has 1 N–H and O–H groups in total. The van der Waals surface area contributed by atoms with Gasteiger partial charge in [-0.3, -0.25) is 4.21 Å². The minimum atomic E-state index is -0.663. The van der Waals surface area contributed by atoms with E-state index in [0.29, 0.717) is 11.3 Å². The molecule has 1 rings (SSSR count). The highest BCUT2D eigenvalue weighted by molar-refractivity contribution is 7.84. The quantitative estimate of drug-likeness (QED) is 0.706. The van der Waals surface area contributed by atoms with Crippen LogP contribution in [0.3, 0.4) is 0 Å². The Morgan fingerprint density at radius 3 is 2.57 bits per heavy atom. The number of rotatable bonds is 7. The topological polar surface area (TPSA) is 29.1 Å². The number of hydrogen-bond acceptors (Lipinski definition) is 2. The second-order valence-electron chi connectivity index (χ2n) is 4.63. The summed E-state index contributed by atoms with van der Waals surface area (Å²) in [6.07, 6.45) is 7.00. The lowest BCUT2D eigenvalue weighted by molar-refractivity contribution is 0.481. The van der Waals surface area contributed by atoms with Crippen LogP contribution in [-0.4, -0.2) is 28.3 Å². The van der Waals surface area contributed by atoms with Crippen LogP contribution in [-0.2, 0) is 10.8 Å². The monoisotopic (exact) mass is 217 g/mol. The Hall–Kier alpha value is 0.110. The standard InChI is InChI=1S/C11H23NOS/c1-9(8-11-4-5-11)12-7-6-10(2)14(3)13/h9-12H,4-8H2,1-3H3. The second-order valence-corrected chi connectivity index (χ2v) is 6.43. The predicted octanol–water partition coefficient (Wildman–Crippen LogP) is 1.92. The fourth-order valence-corrected chi connectivity index (χ4v) is 2.09. The molecule has 1 aliphatic rings. The molecule has 0 bridgehead atoms. The lowest BCUT2D eigenvalue weighted by Crippen LogP contribution is -2.29. The van der Waals surface area contributed by atoms with E-state index < -0.39 is 10.8 Å². The van der Waals surface area contributed by atoms with Gasteiger partial charge in [-0.05, 0) is 32.2 Å². The summed E-state index contributed by atoms with van der Waals surface area (Å²) in [5.74, 6) is 0.996. The van der Waals surface area contributed by atoms with Crippen molar-refractivity contribution in [2.45, 2.75) is 50.8 Å². The highest BCUT2D eigenvalue weighted by atomic mass is 32.2. The SMILES string of the molecule is CC(CC1CC1)NCCC(C)S(C)=O. The molecule has 3 heteroatoms. The molecule has 3 unspecified atom stereocenters. The molecule has 14 heavy (non-hydrogen) atoms. The van der Waals surface area contributed by atoms with E-state index in [1.807, 2.05) is 0 Å². The average molecular weight is 217 g/mol. The molecule has 0 radical (unpaired) electrons. The van der Waals surface area contributed by atoms with Crippen LogP contribution in [0.25, 0.3) is 0 Å². The van der Waals surface area contributed by atoms with E-state index >= 15 is 0 Å². The molecule has 1 saturated carbocycles. The molecule has 2 nitrogen and oxygen atoms in total. The van der Waals surface area contributed by atoms with Crippen LogP contribution < -0.4 is 5.32 Å². The zero-order chi connectivity index (χ0) is 10.6. The van der Waals surface area contributed by atoms with E-state index in [1.165, 1.54) is 19.3 Å². The van der Waals surface area contributed by atoms with Crippen LogP contribution in [0.15, 0.2) is 0 Å². The van der Waals surface area contributed by atoms with Crippen LogP contribution >= 0.6 is 0 Å². The first-order chi connectivity index (χ1) is 6.59. The van der Waals surface area contributed by atoms with Crippen LogP contribution in [0, 0.1) is 5.92 Å².